The van der Waals surface area contributed by atoms with E-state index in [4.69, 9.17) is 0 Å². The molecule has 0 aliphatic carbocycles. The fraction of sp³-hybridized carbons (Fsp3) is 0.0588. The summed E-state index contributed by atoms with van der Waals surface area (Å²) in [6, 6.07) is 15.7. The molecule has 2 aromatic carbocycles. The molecule has 0 saturated carbocycles. The van der Waals surface area contributed by atoms with Gasteiger partial charge in [0.25, 0.3) is 0 Å². The van der Waals surface area contributed by atoms with Gasteiger partial charge in [0, 0.05) is 23.0 Å². The van der Waals surface area contributed by atoms with Crippen LogP contribution in [0.4, 0.5) is 0 Å². The molecule has 0 fully saturated rings. The van der Waals surface area contributed by atoms with Gasteiger partial charge in [-0.3, -0.25) is 4.79 Å². The highest BCUT2D eigenvalue weighted by Gasteiger charge is 2.03. The number of benzene rings is 2. The molecule has 0 aliphatic heterocycles. The molecular weight excluding hydrogens is 248 g/mol. The van der Waals surface area contributed by atoms with E-state index in [1.807, 2.05) is 22.9 Å². The van der Waals surface area contributed by atoms with E-state index in [9.17, 15) is 4.79 Å². The number of nitrogens with zero attached hydrogens (tertiary/aromatic N) is 2. The molecule has 1 aromatic heterocycles. The van der Waals surface area contributed by atoms with Crippen LogP contribution in [0.5, 0.6) is 0 Å². The predicted octanol–water partition coefficient (Wildman–Crippen LogP) is 3.66. The fourth-order valence-electron chi connectivity index (χ4n) is 2.06. The van der Waals surface area contributed by atoms with Crippen molar-refractivity contribution < 1.29 is 4.79 Å². The molecule has 0 radical (unpaired) electrons. The summed E-state index contributed by atoms with van der Waals surface area (Å²) in [6.07, 6.45) is 4.61. The van der Waals surface area contributed by atoms with E-state index in [2.05, 4.69) is 36.2 Å². The van der Waals surface area contributed by atoms with Crippen molar-refractivity contribution >= 4 is 6.29 Å². The molecule has 0 unspecified atom stereocenters. The zero-order valence-electron chi connectivity index (χ0n) is 11.2. The van der Waals surface area contributed by atoms with Crippen molar-refractivity contribution in [2.24, 2.45) is 0 Å². The van der Waals surface area contributed by atoms with Gasteiger partial charge in [-0.05, 0) is 31.2 Å². The first kappa shape index (κ1) is 12.4. The second kappa shape index (κ2) is 5.13. The van der Waals surface area contributed by atoms with E-state index in [0.717, 1.165) is 23.2 Å². The van der Waals surface area contributed by atoms with E-state index in [1.165, 1.54) is 5.56 Å². The van der Waals surface area contributed by atoms with Gasteiger partial charge in [-0.1, -0.05) is 29.8 Å². The molecule has 0 bridgehead atoms. The summed E-state index contributed by atoms with van der Waals surface area (Å²) in [5.74, 6) is 0. The van der Waals surface area contributed by atoms with Crippen LogP contribution in [0.25, 0.3) is 16.9 Å². The third-order valence-corrected chi connectivity index (χ3v) is 3.26. The summed E-state index contributed by atoms with van der Waals surface area (Å²) >= 11 is 0. The van der Waals surface area contributed by atoms with Gasteiger partial charge in [0.1, 0.15) is 6.29 Å². The van der Waals surface area contributed by atoms with Crippen molar-refractivity contribution in [3.05, 3.63) is 72.2 Å². The van der Waals surface area contributed by atoms with Crippen LogP contribution in [0.15, 0.2) is 61.1 Å². The Morgan fingerprint density at radius 3 is 2.35 bits per heavy atom. The highest BCUT2D eigenvalue weighted by molar-refractivity contribution is 5.75. The Bertz CT molecular complexity index is 724. The predicted molar refractivity (Wildman–Crippen MR) is 79.1 cm³/mol. The molecule has 3 aromatic rings. The van der Waals surface area contributed by atoms with Crippen molar-refractivity contribution in [2.75, 3.05) is 0 Å². The highest BCUT2D eigenvalue weighted by atomic mass is 16.1. The Hall–Kier alpha value is -2.68. The standard InChI is InChI=1S/C17H14N2O/c1-13-2-6-15(7-3-13)17-10-19(12-18-17)16-8-4-14(11-20)5-9-16/h2-12H,1H3. The maximum absolute atomic E-state index is 10.7. The van der Waals surface area contributed by atoms with Crippen LogP contribution in [0, 0.1) is 6.92 Å². The third kappa shape index (κ3) is 2.38. The van der Waals surface area contributed by atoms with Crippen molar-refractivity contribution in [1.82, 2.24) is 9.55 Å². The lowest BCUT2D eigenvalue weighted by atomic mass is 10.1. The molecule has 0 aliphatic rings. The van der Waals surface area contributed by atoms with Crippen LogP contribution in [-0.4, -0.2) is 15.8 Å². The van der Waals surface area contributed by atoms with Crippen molar-refractivity contribution in [3.63, 3.8) is 0 Å². The van der Waals surface area contributed by atoms with E-state index in [1.54, 1.807) is 18.5 Å². The topological polar surface area (TPSA) is 34.9 Å². The van der Waals surface area contributed by atoms with Crippen molar-refractivity contribution in [2.45, 2.75) is 6.92 Å². The molecule has 3 heteroatoms. The van der Waals surface area contributed by atoms with Crippen LogP contribution >= 0.6 is 0 Å². The molecule has 3 rings (SSSR count). The Morgan fingerprint density at radius 1 is 1.00 bits per heavy atom. The molecule has 0 spiro atoms. The second-order valence-corrected chi connectivity index (χ2v) is 4.74. The minimum Gasteiger partial charge on any atom is -0.306 e. The van der Waals surface area contributed by atoms with Crippen LogP contribution in [0.1, 0.15) is 15.9 Å². The molecule has 0 saturated heterocycles. The number of carbonyl (C=O) groups excluding carboxylic acids is 1. The molecule has 0 amide bonds. The van der Waals surface area contributed by atoms with E-state index >= 15 is 0 Å². The van der Waals surface area contributed by atoms with Gasteiger partial charge in [-0.2, -0.15) is 0 Å². The van der Waals surface area contributed by atoms with Gasteiger partial charge in [0.05, 0.1) is 12.0 Å². The average Bonchev–Trinajstić information content (AvgIpc) is 2.98. The first-order valence-electron chi connectivity index (χ1n) is 6.43. The van der Waals surface area contributed by atoms with E-state index in [-0.39, 0.29) is 0 Å². The van der Waals surface area contributed by atoms with Crippen molar-refractivity contribution in [3.8, 4) is 16.9 Å². The Kier molecular flexibility index (Phi) is 3.17. The monoisotopic (exact) mass is 262 g/mol. The largest absolute Gasteiger partial charge is 0.306 e. The molecule has 0 N–H and O–H groups in total. The lowest BCUT2D eigenvalue weighted by Gasteiger charge is -2.01. The first-order valence-corrected chi connectivity index (χ1v) is 6.43. The number of carbonyl (C=O) groups is 1. The van der Waals surface area contributed by atoms with Crippen LogP contribution in [0.3, 0.4) is 0 Å². The average molecular weight is 262 g/mol. The molecule has 98 valence electrons. The highest BCUT2D eigenvalue weighted by Crippen LogP contribution is 2.19. The van der Waals surface area contributed by atoms with Gasteiger partial charge in [-0.15, -0.1) is 0 Å². The van der Waals surface area contributed by atoms with Crippen LogP contribution in [-0.2, 0) is 0 Å². The molecule has 1 heterocycles. The number of hydrogen-bond donors (Lipinski definition) is 0. The van der Waals surface area contributed by atoms with Crippen molar-refractivity contribution in [1.29, 1.82) is 0 Å². The Morgan fingerprint density at radius 2 is 1.70 bits per heavy atom. The zero-order chi connectivity index (χ0) is 13.9. The summed E-state index contributed by atoms with van der Waals surface area (Å²) in [5.41, 5.74) is 4.93. The molecule has 3 nitrogen and oxygen atoms in total. The van der Waals surface area contributed by atoms with E-state index in [0.29, 0.717) is 5.56 Å². The normalized spacial score (nSPS) is 10.4. The van der Waals surface area contributed by atoms with Gasteiger partial charge in [0.15, 0.2) is 0 Å². The Labute approximate surface area is 117 Å². The summed E-state index contributed by atoms with van der Waals surface area (Å²) in [6.45, 7) is 2.07. The summed E-state index contributed by atoms with van der Waals surface area (Å²) in [4.78, 5) is 15.1. The maximum Gasteiger partial charge on any atom is 0.150 e. The summed E-state index contributed by atoms with van der Waals surface area (Å²) in [5, 5.41) is 0. The lowest BCUT2D eigenvalue weighted by molar-refractivity contribution is 0.112. The number of aromatic nitrogens is 2. The van der Waals surface area contributed by atoms with Gasteiger partial charge in [-0.25, -0.2) is 4.98 Å². The fourth-order valence-corrected chi connectivity index (χ4v) is 2.06. The number of aryl methyl sites for hydroxylation is 1. The van der Waals surface area contributed by atoms with Crippen LogP contribution in [0.2, 0.25) is 0 Å². The van der Waals surface area contributed by atoms with Crippen LogP contribution < -0.4 is 0 Å². The van der Waals surface area contributed by atoms with E-state index < -0.39 is 0 Å². The number of hydrogen-bond acceptors (Lipinski definition) is 2. The maximum atomic E-state index is 10.7. The summed E-state index contributed by atoms with van der Waals surface area (Å²) < 4.78 is 1.95. The zero-order valence-corrected chi connectivity index (χ0v) is 11.2. The number of imidazole rings is 1. The quantitative estimate of drug-likeness (QED) is 0.675. The van der Waals surface area contributed by atoms with Gasteiger partial charge >= 0.3 is 0 Å². The molecule has 20 heavy (non-hydrogen) atoms. The first-order chi connectivity index (χ1) is 9.76. The SMILES string of the molecule is Cc1ccc(-c2cn(-c3ccc(C=O)cc3)cn2)cc1. The summed E-state index contributed by atoms with van der Waals surface area (Å²) in [7, 11) is 0. The third-order valence-electron chi connectivity index (χ3n) is 3.26. The molecule has 0 atom stereocenters. The second-order valence-electron chi connectivity index (χ2n) is 4.74. The molecular formula is C17H14N2O. The minimum absolute atomic E-state index is 0.674. The lowest BCUT2D eigenvalue weighted by Crippen LogP contribution is -1.90. The van der Waals surface area contributed by atoms with Gasteiger partial charge in [0.2, 0.25) is 0 Å². The number of aldehydes is 1. The number of rotatable bonds is 3. The Balaban J connectivity index is 1.92. The minimum atomic E-state index is 0.674. The smallest absolute Gasteiger partial charge is 0.150 e. The van der Waals surface area contributed by atoms with Gasteiger partial charge < -0.3 is 4.57 Å².